The lowest BCUT2D eigenvalue weighted by Gasteiger charge is -2.09. The van der Waals surface area contributed by atoms with Gasteiger partial charge >= 0.3 is 0 Å². The summed E-state index contributed by atoms with van der Waals surface area (Å²) in [5, 5.41) is 4.90. The summed E-state index contributed by atoms with van der Waals surface area (Å²) in [6.45, 7) is 1.77. The second-order valence-electron chi connectivity index (χ2n) is 5.93. The van der Waals surface area contributed by atoms with E-state index in [-0.39, 0.29) is 5.91 Å². The SMILES string of the molecule is C/C(=N/NC(=O)c1cc(-c2cccnc2)nc2ccccc12)c1ccco1. The van der Waals surface area contributed by atoms with Crippen molar-refractivity contribution < 1.29 is 9.21 Å². The second kappa shape index (κ2) is 7.21. The number of nitrogens with one attached hydrogen (secondary N) is 1. The normalized spacial score (nSPS) is 11.5. The quantitative estimate of drug-likeness (QED) is 0.442. The maximum atomic E-state index is 12.8. The van der Waals surface area contributed by atoms with Crippen molar-refractivity contribution >= 4 is 22.5 Å². The highest BCUT2D eigenvalue weighted by atomic mass is 16.3. The van der Waals surface area contributed by atoms with Gasteiger partial charge in [-0.2, -0.15) is 5.10 Å². The van der Waals surface area contributed by atoms with Crippen LogP contribution in [0.5, 0.6) is 0 Å². The molecule has 4 aromatic rings. The van der Waals surface area contributed by atoms with E-state index in [2.05, 4.69) is 20.5 Å². The molecule has 0 aliphatic carbocycles. The molecular formula is C21H16N4O2. The summed E-state index contributed by atoms with van der Waals surface area (Å²) < 4.78 is 5.28. The molecule has 0 aliphatic heterocycles. The first kappa shape index (κ1) is 16.7. The van der Waals surface area contributed by atoms with E-state index in [0.29, 0.717) is 22.7 Å². The fourth-order valence-electron chi connectivity index (χ4n) is 2.76. The third-order valence-electron chi connectivity index (χ3n) is 4.12. The van der Waals surface area contributed by atoms with E-state index in [4.69, 9.17) is 4.42 Å². The number of para-hydroxylation sites is 1. The van der Waals surface area contributed by atoms with Crippen LogP contribution in [0.2, 0.25) is 0 Å². The van der Waals surface area contributed by atoms with Gasteiger partial charge in [-0.3, -0.25) is 9.78 Å². The fourth-order valence-corrected chi connectivity index (χ4v) is 2.76. The Labute approximate surface area is 155 Å². The summed E-state index contributed by atoms with van der Waals surface area (Å²) in [4.78, 5) is 21.6. The molecule has 3 heterocycles. The molecule has 0 atom stereocenters. The minimum Gasteiger partial charge on any atom is -0.463 e. The third-order valence-corrected chi connectivity index (χ3v) is 4.12. The molecule has 3 aromatic heterocycles. The third kappa shape index (κ3) is 3.46. The lowest BCUT2D eigenvalue weighted by Crippen LogP contribution is -2.20. The van der Waals surface area contributed by atoms with Gasteiger partial charge in [-0.05, 0) is 43.3 Å². The summed E-state index contributed by atoms with van der Waals surface area (Å²) in [6.07, 6.45) is 4.98. The van der Waals surface area contributed by atoms with Crippen LogP contribution in [0.4, 0.5) is 0 Å². The number of fused-ring (bicyclic) bond motifs is 1. The molecule has 27 heavy (non-hydrogen) atoms. The predicted octanol–water partition coefficient (Wildman–Crippen LogP) is 4.04. The van der Waals surface area contributed by atoms with Gasteiger partial charge in [-0.1, -0.05) is 18.2 Å². The molecule has 6 nitrogen and oxygen atoms in total. The van der Waals surface area contributed by atoms with Crippen LogP contribution in [0, 0.1) is 0 Å². The number of amides is 1. The van der Waals surface area contributed by atoms with Crippen molar-refractivity contribution in [2.45, 2.75) is 6.92 Å². The van der Waals surface area contributed by atoms with E-state index < -0.39 is 0 Å². The molecule has 1 aromatic carbocycles. The molecule has 0 saturated heterocycles. The zero-order chi connectivity index (χ0) is 18.6. The standard InChI is InChI=1S/C21H16N4O2/c1-14(20-9-5-11-27-20)24-25-21(26)17-12-19(15-6-4-10-22-13-15)23-18-8-3-2-7-16(17)18/h2-13H,1H3,(H,25,26)/b24-14-. The van der Waals surface area contributed by atoms with Gasteiger partial charge in [-0.15, -0.1) is 0 Å². The highest BCUT2D eigenvalue weighted by Gasteiger charge is 2.14. The number of carbonyl (C=O) groups is 1. The summed E-state index contributed by atoms with van der Waals surface area (Å²) in [5.41, 5.74) is 5.93. The smallest absolute Gasteiger partial charge is 0.272 e. The number of carbonyl (C=O) groups excluding carboxylic acids is 1. The molecule has 0 fully saturated rings. The first-order valence-corrected chi connectivity index (χ1v) is 8.41. The number of hydrogen-bond acceptors (Lipinski definition) is 5. The zero-order valence-electron chi connectivity index (χ0n) is 14.6. The Morgan fingerprint density at radius 2 is 2.00 bits per heavy atom. The van der Waals surface area contributed by atoms with Crippen molar-refractivity contribution in [3.63, 3.8) is 0 Å². The summed E-state index contributed by atoms with van der Waals surface area (Å²) >= 11 is 0. The number of hydrogen-bond donors (Lipinski definition) is 1. The molecule has 4 rings (SSSR count). The van der Waals surface area contributed by atoms with Crippen LogP contribution >= 0.6 is 0 Å². The summed E-state index contributed by atoms with van der Waals surface area (Å²) in [6, 6.07) is 16.6. The Hall–Kier alpha value is -3.80. The number of nitrogens with zero attached hydrogens (tertiary/aromatic N) is 3. The van der Waals surface area contributed by atoms with Crippen LogP contribution in [0.15, 0.2) is 82.8 Å². The van der Waals surface area contributed by atoms with Gasteiger partial charge in [0.25, 0.3) is 5.91 Å². The maximum Gasteiger partial charge on any atom is 0.272 e. The van der Waals surface area contributed by atoms with Crippen LogP contribution in [0.1, 0.15) is 23.0 Å². The number of hydrazone groups is 1. The second-order valence-corrected chi connectivity index (χ2v) is 5.93. The average Bonchev–Trinajstić information content (AvgIpc) is 3.26. The number of pyridine rings is 2. The molecular weight excluding hydrogens is 340 g/mol. The average molecular weight is 356 g/mol. The number of furan rings is 1. The van der Waals surface area contributed by atoms with Crippen LogP contribution in [-0.4, -0.2) is 21.6 Å². The monoisotopic (exact) mass is 356 g/mol. The van der Waals surface area contributed by atoms with Crippen LogP contribution in [-0.2, 0) is 0 Å². The van der Waals surface area contributed by atoms with Crippen molar-refractivity contribution in [1.82, 2.24) is 15.4 Å². The molecule has 1 N–H and O–H groups in total. The largest absolute Gasteiger partial charge is 0.463 e. The molecule has 6 heteroatoms. The molecule has 0 unspecified atom stereocenters. The minimum atomic E-state index is -0.315. The molecule has 132 valence electrons. The van der Waals surface area contributed by atoms with E-state index in [1.54, 1.807) is 43.8 Å². The first-order valence-electron chi connectivity index (χ1n) is 8.41. The molecule has 1 amide bonds. The van der Waals surface area contributed by atoms with E-state index in [0.717, 1.165) is 16.5 Å². The Morgan fingerprint density at radius 3 is 2.78 bits per heavy atom. The van der Waals surface area contributed by atoms with Crippen LogP contribution in [0.25, 0.3) is 22.2 Å². The highest BCUT2D eigenvalue weighted by molar-refractivity contribution is 6.07. The zero-order valence-corrected chi connectivity index (χ0v) is 14.6. The molecule has 0 radical (unpaired) electrons. The van der Waals surface area contributed by atoms with E-state index in [1.807, 2.05) is 36.4 Å². The van der Waals surface area contributed by atoms with Gasteiger partial charge in [0.15, 0.2) is 0 Å². The van der Waals surface area contributed by atoms with Crippen molar-refractivity contribution in [2.75, 3.05) is 0 Å². The van der Waals surface area contributed by atoms with Crippen molar-refractivity contribution in [3.8, 4) is 11.3 Å². The molecule has 0 aliphatic rings. The molecule has 0 spiro atoms. The van der Waals surface area contributed by atoms with Gasteiger partial charge in [-0.25, -0.2) is 10.4 Å². The number of aromatic nitrogens is 2. The van der Waals surface area contributed by atoms with E-state index in [1.165, 1.54) is 0 Å². The van der Waals surface area contributed by atoms with Gasteiger partial charge in [0.2, 0.25) is 0 Å². The van der Waals surface area contributed by atoms with Gasteiger partial charge in [0.05, 0.1) is 23.0 Å². The number of rotatable bonds is 4. The maximum absolute atomic E-state index is 12.8. The number of benzene rings is 1. The van der Waals surface area contributed by atoms with E-state index in [9.17, 15) is 4.79 Å². The lowest BCUT2D eigenvalue weighted by atomic mass is 10.0. The topological polar surface area (TPSA) is 80.4 Å². The summed E-state index contributed by atoms with van der Waals surface area (Å²) in [5.74, 6) is 0.288. The Balaban J connectivity index is 1.73. The van der Waals surface area contributed by atoms with Crippen molar-refractivity contribution in [3.05, 3.63) is 84.6 Å². The highest BCUT2D eigenvalue weighted by Crippen LogP contribution is 2.24. The van der Waals surface area contributed by atoms with Crippen molar-refractivity contribution in [1.29, 1.82) is 0 Å². The first-order chi connectivity index (χ1) is 13.2. The Kier molecular flexibility index (Phi) is 4.45. The Bertz CT molecular complexity index is 1120. The van der Waals surface area contributed by atoms with Gasteiger partial charge < -0.3 is 4.42 Å². The van der Waals surface area contributed by atoms with Gasteiger partial charge in [0, 0.05) is 23.3 Å². The molecule has 0 saturated carbocycles. The van der Waals surface area contributed by atoms with E-state index >= 15 is 0 Å². The Morgan fingerprint density at radius 1 is 1.11 bits per heavy atom. The molecule has 0 bridgehead atoms. The van der Waals surface area contributed by atoms with Crippen LogP contribution < -0.4 is 5.43 Å². The predicted molar refractivity (Wildman–Crippen MR) is 103 cm³/mol. The summed E-state index contributed by atoms with van der Waals surface area (Å²) in [7, 11) is 0. The van der Waals surface area contributed by atoms with Crippen molar-refractivity contribution in [2.24, 2.45) is 5.10 Å². The van der Waals surface area contributed by atoms with Gasteiger partial charge in [0.1, 0.15) is 11.5 Å². The lowest BCUT2D eigenvalue weighted by molar-refractivity contribution is 0.0956. The minimum absolute atomic E-state index is 0.315. The van der Waals surface area contributed by atoms with Crippen LogP contribution in [0.3, 0.4) is 0 Å². The fraction of sp³-hybridized carbons (Fsp3) is 0.0476.